The first-order valence-corrected chi connectivity index (χ1v) is 5.24. The summed E-state index contributed by atoms with van der Waals surface area (Å²) in [4.78, 5) is 3.22. The van der Waals surface area contributed by atoms with Crippen molar-refractivity contribution in [3.05, 3.63) is 36.0 Å². The van der Waals surface area contributed by atoms with Crippen LogP contribution in [0.25, 0.3) is 10.9 Å². The minimum Gasteiger partial charge on any atom is -0.361 e. The van der Waals surface area contributed by atoms with Gasteiger partial charge in [0, 0.05) is 17.8 Å². The summed E-state index contributed by atoms with van der Waals surface area (Å²) in [5.41, 5.74) is 2.65. The molecule has 0 aliphatic carbocycles. The number of rotatable bonds is 1. The number of benzene rings is 1. The maximum absolute atomic E-state index is 3.52. The summed E-state index contributed by atoms with van der Waals surface area (Å²) in [5, 5.41) is 4.84. The first-order chi connectivity index (χ1) is 6.93. The zero-order valence-corrected chi connectivity index (χ0v) is 8.09. The van der Waals surface area contributed by atoms with Crippen molar-refractivity contribution in [2.75, 3.05) is 6.54 Å². The number of aromatic amines is 1. The molecule has 2 aromatic rings. The van der Waals surface area contributed by atoms with Gasteiger partial charge in [0.05, 0.1) is 0 Å². The maximum atomic E-state index is 3.52. The van der Waals surface area contributed by atoms with Gasteiger partial charge in [-0.2, -0.15) is 0 Å². The summed E-state index contributed by atoms with van der Waals surface area (Å²) in [6.07, 6.45) is 4.57. The van der Waals surface area contributed by atoms with Crippen molar-refractivity contribution in [2.45, 2.75) is 18.9 Å². The molecule has 1 aromatic heterocycles. The highest BCUT2D eigenvalue weighted by atomic mass is 14.9. The quantitative estimate of drug-likeness (QED) is 0.704. The normalized spacial score (nSPS) is 21.9. The van der Waals surface area contributed by atoms with E-state index in [0.717, 1.165) is 6.54 Å². The third-order valence-electron chi connectivity index (χ3n) is 3.04. The second-order valence-electron chi connectivity index (χ2n) is 3.97. The van der Waals surface area contributed by atoms with Crippen LogP contribution in [0.2, 0.25) is 0 Å². The Kier molecular flexibility index (Phi) is 1.81. The molecule has 1 aliphatic rings. The van der Waals surface area contributed by atoms with E-state index in [9.17, 15) is 0 Å². The predicted octanol–water partition coefficient (Wildman–Crippen LogP) is 2.59. The van der Waals surface area contributed by atoms with Gasteiger partial charge in [0.15, 0.2) is 0 Å². The van der Waals surface area contributed by atoms with Gasteiger partial charge in [-0.15, -0.1) is 0 Å². The summed E-state index contributed by atoms with van der Waals surface area (Å²) in [5.74, 6) is 0. The average molecular weight is 186 g/mol. The molecular formula is C12H14N2. The lowest BCUT2D eigenvalue weighted by atomic mass is 10.0. The summed E-state index contributed by atoms with van der Waals surface area (Å²) >= 11 is 0. The molecule has 0 saturated carbocycles. The fourth-order valence-corrected chi connectivity index (χ4v) is 2.26. The fourth-order valence-electron chi connectivity index (χ4n) is 2.26. The standard InChI is InChI=1S/C12H14N2/c1-2-11(13-6-1)9-3-4-12-10(8-9)5-7-14-12/h3-5,7-8,11,13-14H,1-2,6H2. The Morgan fingerprint density at radius 1 is 1.21 bits per heavy atom. The lowest BCUT2D eigenvalue weighted by Gasteiger charge is -2.10. The van der Waals surface area contributed by atoms with Gasteiger partial charge < -0.3 is 10.3 Å². The molecule has 1 saturated heterocycles. The van der Waals surface area contributed by atoms with Crippen LogP contribution in [0.15, 0.2) is 30.5 Å². The molecule has 2 heterocycles. The molecule has 2 nitrogen and oxygen atoms in total. The van der Waals surface area contributed by atoms with Crippen LogP contribution < -0.4 is 5.32 Å². The van der Waals surface area contributed by atoms with Crippen LogP contribution in [0.4, 0.5) is 0 Å². The second-order valence-corrected chi connectivity index (χ2v) is 3.97. The van der Waals surface area contributed by atoms with Crippen LogP contribution in [0.3, 0.4) is 0 Å². The van der Waals surface area contributed by atoms with Crippen molar-refractivity contribution in [3.8, 4) is 0 Å². The molecule has 2 heteroatoms. The van der Waals surface area contributed by atoms with E-state index in [1.165, 1.54) is 29.3 Å². The number of aromatic nitrogens is 1. The van der Waals surface area contributed by atoms with Gasteiger partial charge in [0.25, 0.3) is 0 Å². The lowest BCUT2D eigenvalue weighted by Crippen LogP contribution is -2.12. The van der Waals surface area contributed by atoms with Crippen molar-refractivity contribution in [1.29, 1.82) is 0 Å². The Labute approximate surface area is 83.3 Å². The first-order valence-electron chi connectivity index (χ1n) is 5.24. The molecule has 1 unspecified atom stereocenters. The number of hydrogen-bond donors (Lipinski definition) is 2. The average Bonchev–Trinajstić information content (AvgIpc) is 2.88. The van der Waals surface area contributed by atoms with E-state index in [0.29, 0.717) is 6.04 Å². The van der Waals surface area contributed by atoms with Crippen molar-refractivity contribution in [1.82, 2.24) is 10.3 Å². The van der Waals surface area contributed by atoms with E-state index < -0.39 is 0 Å². The molecule has 72 valence electrons. The Morgan fingerprint density at radius 2 is 2.21 bits per heavy atom. The van der Waals surface area contributed by atoms with Crippen LogP contribution in [-0.4, -0.2) is 11.5 Å². The van der Waals surface area contributed by atoms with E-state index in [1.54, 1.807) is 0 Å². The third-order valence-corrected chi connectivity index (χ3v) is 3.04. The lowest BCUT2D eigenvalue weighted by molar-refractivity contribution is 0.648. The first kappa shape index (κ1) is 8.06. The smallest absolute Gasteiger partial charge is 0.0454 e. The van der Waals surface area contributed by atoms with Gasteiger partial charge >= 0.3 is 0 Å². The van der Waals surface area contributed by atoms with Gasteiger partial charge in [-0.25, -0.2) is 0 Å². The monoisotopic (exact) mass is 186 g/mol. The van der Waals surface area contributed by atoms with Gasteiger partial charge in [0.1, 0.15) is 0 Å². The number of nitrogens with one attached hydrogen (secondary N) is 2. The molecule has 0 spiro atoms. The molecule has 1 aromatic carbocycles. The molecule has 1 fully saturated rings. The second kappa shape index (κ2) is 3.14. The van der Waals surface area contributed by atoms with Crippen LogP contribution in [-0.2, 0) is 0 Å². The highest BCUT2D eigenvalue weighted by Crippen LogP contribution is 2.25. The molecular weight excluding hydrogens is 172 g/mol. The Balaban J connectivity index is 2.04. The molecule has 0 radical (unpaired) electrons. The molecule has 1 atom stereocenters. The van der Waals surface area contributed by atoms with Crippen LogP contribution in [0.5, 0.6) is 0 Å². The van der Waals surface area contributed by atoms with Crippen LogP contribution in [0.1, 0.15) is 24.4 Å². The molecule has 0 bridgehead atoms. The van der Waals surface area contributed by atoms with Crippen molar-refractivity contribution in [3.63, 3.8) is 0 Å². The van der Waals surface area contributed by atoms with E-state index >= 15 is 0 Å². The maximum Gasteiger partial charge on any atom is 0.0454 e. The van der Waals surface area contributed by atoms with Gasteiger partial charge in [-0.05, 0) is 48.5 Å². The molecule has 3 rings (SSSR count). The predicted molar refractivity (Wildman–Crippen MR) is 58.3 cm³/mol. The zero-order valence-electron chi connectivity index (χ0n) is 8.09. The summed E-state index contributed by atoms with van der Waals surface area (Å²) in [7, 11) is 0. The molecule has 1 aliphatic heterocycles. The Hall–Kier alpha value is -1.28. The van der Waals surface area contributed by atoms with Gasteiger partial charge in [-0.1, -0.05) is 6.07 Å². The topological polar surface area (TPSA) is 27.8 Å². The van der Waals surface area contributed by atoms with E-state index in [2.05, 4.69) is 34.6 Å². The van der Waals surface area contributed by atoms with Gasteiger partial charge in [0.2, 0.25) is 0 Å². The SMILES string of the molecule is c1cc2cc(C3CCCN3)ccc2[nH]1. The van der Waals surface area contributed by atoms with E-state index in [1.807, 2.05) is 6.20 Å². The summed E-state index contributed by atoms with van der Waals surface area (Å²) in [6, 6.07) is 9.39. The zero-order chi connectivity index (χ0) is 9.38. The van der Waals surface area contributed by atoms with Crippen LogP contribution in [0, 0.1) is 0 Å². The van der Waals surface area contributed by atoms with Crippen molar-refractivity contribution < 1.29 is 0 Å². The molecule has 2 N–H and O–H groups in total. The van der Waals surface area contributed by atoms with E-state index in [4.69, 9.17) is 0 Å². The summed E-state index contributed by atoms with van der Waals surface area (Å²) < 4.78 is 0. The molecule has 14 heavy (non-hydrogen) atoms. The highest BCUT2D eigenvalue weighted by Gasteiger charge is 2.15. The Morgan fingerprint density at radius 3 is 3.07 bits per heavy atom. The minimum absolute atomic E-state index is 0.578. The van der Waals surface area contributed by atoms with Crippen LogP contribution >= 0.6 is 0 Å². The number of H-pyrrole nitrogens is 1. The Bertz CT molecular complexity index is 438. The third kappa shape index (κ3) is 1.23. The van der Waals surface area contributed by atoms with Gasteiger partial charge in [-0.3, -0.25) is 0 Å². The van der Waals surface area contributed by atoms with E-state index in [-0.39, 0.29) is 0 Å². The van der Waals surface area contributed by atoms with Crippen molar-refractivity contribution in [2.24, 2.45) is 0 Å². The fraction of sp³-hybridized carbons (Fsp3) is 0.333. The minimum atomic E-state index is 0.578. The highest BCUT2D eigenvalue weighted by molar-refractivity contribution is 5.80. The largest absolute Gasteiger partial charge is 0.361 e. The number of fused-ring (bicyclic) bond motifs is 1. The molecule has 0 amide bonds. The summed E-state index contributed by atoms with van der Waals surface area (Å²) in [6.45, 7) is 1.16. The number of hydrogen-bond acceptors (Lipinski definition) is 1. The van der Waals surface area contributed by atoms with Crippen molar-refractivity contribution >= 4 is 10.9 Å².